The van der Waals surface area contributed by atoms with Gasteiger partial charge in [0.2, 0.25) is 0 Å². The predicted octanol–water partition coefficient (Wildman–Crippen LogP) is -0.761. The maximum absolute atomic E-state index is 10.9. The second-order valence-corrected chi connectivity index (χ2v) is 2.53. The summed E-state index contributed by atoms with van der Waals surface area (Å²) >= 11 is 0. The molecule has 0 aliphatic heterocycles. The number of carboxylic acids is 1. The van der Waals surface area contributed by atoms with Crippen LogP contribution in [-0.2, 0) is 19.1 Å². The van der Waals surface area contributed by atoms with Gasteiger partial charge in [-0.3, -0.25) is 14.9 Å². The molecular formula is C8H15NO5. The third kappa shape index (κ3) is 5.50. The number of ether oxygens (including phenoxy) is 2. The van der Waals surface area contributed by atoms with E-state index in [4.69, 9.17) is 5.11 Å². The Labute approximate surface area is 82.2 Å². The Balaban J connectivity index is 3.81. The van der Waals surface area contributed by atoms with Crippen LogP contribution in [-0.4, -0.2) is 50.0 Å². The summed E-state index contributed by atoms with van der Waals surface area (Å²) < 4.78 is 9.28. The normalized spacial score (nSPS) is 12.1. The molecule has 0 aromatic heterocycles. The summed E-state index contributed by atoms with van der Waals surface area (Å²) in [5.74, 6) is -1.54. The fraction of sp³-hybridized carbons (Fsp3) is 0.750. The quantitative estimate of drug-likeness (QED) is 0.531. The van der Waals surface area contributed by atoms with Crippen molar-refractivity contribution >= 4 is 11.9 Å². The van der Waals surface area contributed by atoms with Gasteiger partial charge in [-0.05, 0) is 6.92 Å². The zero-order valence-corrected chi connectivity index (χ0v) is 8.28. The molecule has 0 heterocycles. The fourth-order valence-corrected chi connectivity index (χ4v) is 0.803. The van der Waals surface area contributed by atoms with Gasteiger partial charge < -0.3 is 14.6 Å². The van der Waals surface area contributed by atoms with Gasteiger partial charge in [0.1, 0.15) is 6.04 Å². The summed E-state index contributed by atoms with van der Waals surface area (Å²) in [5.41, 5.74) is 0. The van der Waals surface area contributed by atoms with E-state index >= 15 is 0 Å². The molecule has 0 radical (unpaired) electrons. The van der Waals surface area contributed by atoms with Crippen LogP contribution in [0.25, 0.3) is 0 Å². The Morgan fingerprint density at radius 2 is 2.14 bits per heavy atom. The van der Waals surface area contributed by atoms with E-state index in [0.29, 0.717) is 0 Å². The minimum absolute atomic E-state index is 0.00867. The highest BCUT2D eigenvalue weighted by Gasteiger charge is 2.17. The Kier molecular flexibility index (Phi) is 6.69. The van der Waals surface area contributed by atoms with E-state index in [9.17, 15) is 9.59 Å². The summed E-state index contributed by atoms with van der Waals surface area (Å²) in [6.07, 6.45) is 0. The van der Waals surface area contributed by atoms with Crippen LogP contribution < -0.4 is 5.32 Å². The minimum atomic E-state index is -1.06. The van der Waals surface area contributed by atoms with Crippen molar-refractivity contribution in [1.29, 1.82) is 0 Å². The van der Waals surface area contributed by atoms with E-state index in [1.807, 2.05) is 0 Å². The summed E-state index contributed by atoms with van der Waals surface area (Å²) in [4.78, 5) is 21.4. The number of carbonyl (C=O) groups excluding carboxylic acids is 1. The van der Waals surface area contributed by atoms with Crippen molar-refractivity contribution in [2.45, 2.75) is 13.0 Å². The smallest absolute Gasteiger partial charge is 0.323 e. The van der Waals surface area contributed by atoms with Crippen molar-refractivity contribution in [3.8, 4) is 0 Å². The molecule has 1 atom stereocenters. The number of carboxylic acid groups (broad SMARTS) is 1. The predicted molar refractivity (Wildman–Crippen MR) is 47.9 cm³/mol. The van der Waals surface area contributed by atoms with Gasteiger partial charge in [-0.25, -0.2) is 0 Å². The number of hydrogen-bond acceptors (Lipinski definition) is 5. The summed E-state index contributed by atoms with van der Waals surface area (Å²) in [6.45, 7) is 1.84. The molecule has 0 saturated heterocycles. The Bertz CT molecular complexity index is 194. The number of carbonyl (C=O) groups is 2. The van der Waals surface area contributed by atoms with Crippen LogP contribution in [0, 0.1) is 0 Å². The molecule has 2 N–H and O–H groups in total. The standard InChI is InChI=1S/C8H15NO5/c1-3-14-7(10)4-9-6(5-13-2)8(11)12/h6,9H,3-5H2,1-2H3,(H,11,12). The first-order chi connectivity index (χ1) is 6.61. The van der Waals surface area contributed by atoms with Gasteiger partial charge in [0.05, 0.1) is 19.8 Å². The van der Waals surface area contributed by atoms with E-state index in [2.05, 4.69) is 14.8 Å². The molecule has 14 heavy (non-hydrogen) atoms. The number of hydrogen-bond donors (Lipinski definition) is 2. The highest BCUT2D eigenvalue weighted by atomic mass is 16.5. The molecule has 6 heteroatoms. The molecule has 0 rings (SSSR count). The first kappa shape index (κ1) is 12.9. The van der Waals surface area contributed by atoms with E-state index < -0.39 is 18.0 Å². The van der Waals surface area contributed by atoms with Crippen LogP contribution in [0.5, 0.6) is 0 Å². The SMILES string of the molecule is CCOC(=O)CNC(COC)C(=O)O. The van der Waals surface area contributed by atoms with E-state index in [0.717, 1.165) is 0 Å². The molecule has 6 nitrogen and oxygen atoms in total. The molecule has 0 aromatic rings. The third-order valence-corrected chi connectivity index (χ3v) is 1.43. The lowest BCUT2D eigenvalue weighted by Crippen LogP contribution is -2.43. The first-order valence-corrected chi connectivity index (χ1v) is 4.22. The minimum Gasteiger partial charge on any atom is -0.480 e. The Morgan fingerprint density at radius 1 is 1.50 bits per heavy atom. The van der Waals surface area contributed by atoms with Crippen LogP contribution >= 0.6 is 0 Å². The molecule has 0 saturated carbocycles. The molecule has 0 aromatic carbocycles. The molecule has 0 spiro atoms. The average Bonchev–Trinajstić information content (AvgIpc) is 2.12. The van der Waals surface area contributed by atoms with Gasteiger partial charge in [0, 0.05) is 7.11 Å². The molecule has 0 fully saturated rings. The molecule has 1 unspecified atom stereocenters. The van der Waals surface area contributed by atoms with Crippen molar-refractivity contribution in [2.24, 2.45) is 0 Å². The van der Waals surface area contributed by atoms with Gasteiger partial charge in [0.15, 0.2) is 0 Å². The van der Waals surface area contributed by atoms with Crippen molar-refractivity contribution in [1.82, 2.24) is 5.32 Å². The topological polar surface area (TPSA) is 84.9 Å². The number of aliphatic carboxylic acids is 1. The van der Waals surface area contributed by atoms with Crippen molar-refractivity contribution in [2.75, 3.05) is 26.9 Å². The second kappa shape index (κ2) is 7.28. The van der Waals surface area contributed by atoms with Crippen molar-refractivity contribution < 1.29 is 24.2 Å². The van der Waals surface area contributed by atoms with Crippen molar-refractivity contribution in [3.05, 3.63) is 0 Å². The van der Waals surface area contributed by atoms with E-state index in [1.54, 1.807) is 6.92 Å². The van der Waals surface area contributed by atoms with Gasteiger partial charge in [-0.2, -0.15) is 0 Å². The van der Waals surface area contributed by atoms with Crippen LogP contribution in [0.1, 0.15) is 6.92 Å². The van der Waals surface area contributed by atoms with Gasteiger partial charge in [-0.1, -0.05) is 0 Å². The largest absolute Gasteiger partial charge is 0.480 e. The highest BCUT2D eigenvalue weighted by molar-refractivity contribution is 5.76. The van der Waals surface area contributed by atoms with Crippen LogP contribution in [0.3, 0.4) is 0 Å². The van der Waals surface area contributed by atoms with Crippen LogP contribution in [0.2, 0.25) is 0 Å². The lowest BCUT2D eigenvalue weighted by atomic mass is 10.3. The average molecular weight is 205 g/mol. The number of rotatable bonds is 7. The number of nitrogens with one attached hydrogen (secondary N) is 1. The highest BCUT2D eigenvalue weighted by Crippen LogP contribution is 1.86. The number of esters is 1. The summed E-state index contributed by atoms with van der Waals surface area (Å²) in [6, 6.07) is -0.885. The second-order valence-electron chi connectivity index (χ2n) is 2.53. The fourth-order valence-electron chi connectivity index (χ4n) is 0.803. The van der Waals surface area contributed by atoms with E-state index in [1.165, 1.54) is 7.11 Å². The lowest BCUT2D eigenvalue weighted by molar-refractivity contribution is -0.143. The summed E-state index contributed by atoms with van der Waals surface area (Å²) in [5, 5.41) is 11.2. The molecule has 0 amide bonds. The molecule has 0 bridgehead atoms. The van der Waals surface area contributed by atoms with Gasteiger partial charge in [-0.15, -0.1) is 0 Å². The molecular weight excluding hydrogens is 190 g/mol. The zero-order valence-electron chi connectivity index (χ0n) is 8.28. The molecule has 0 aliphatic rings. The lowest BCUT2D eigenvalue weighted by Gasteiger charge is -2.12. The molecule has 82 valence electrons. The van der Waals surface area contributed by atoms with E-state index in [-0.39, 0.29) is 19.8 Å². The Hall–Kier alpha value is -1.14. The maximum atomic E-state index is 10.9. The zero-order chi connectivity index (χ0) is 11.0. The first-order valence-electron chi connectivity index (χ1n) is 4.22. The Morgan fingerprint density at radius 3 is 2.57 bits per heavy atom. The van der Waals surface area contributed by atoms with Crippen LogP contribution in [0.4, 0.5) is 0 Å². The maximum Gasteiger partial charge on any atom is 0.323 e. The number of methoxy groups -OCH3 is 1. The monoisotopic (exact) mass is 205 g/mol. The van der Waals surface area contributed by atoms with Gasteiger partial charge >= 0.3 is 11.9 Å². The van der Waals surface area contributed by atoms with Gasteiger partial charge in [0.25, 0.3) is 0 Å². The summed E-state index contributed by atoms with van der Waals surface area (Å²) in [7, 11) is 1.39. The third-order valence-electron chi connectivity index (χ3n) is 1.43. The van der Waals surface area contributed by atoms with Crippen LogP contribution in [0.15, 0.2) is 0 Å². The molecule has 0 aliphatic carbocycles. The van der Waals surface area contributed by atoms with Crippen molar-refractivity contribution in [3.63, 3.8) is 0 Å².